The number of benzene rings is 3. The Hall–Kier alpha value is -3.51. The summed E-state index contributed by atoms with van der Waals surface area (Å²) in [5, 5.41) is 8.23. The van der Waals surface area contributed by atoms with Crippen LogP contribution in [0.2, 0.25) is 0 Å². The van der Waals surface area contributed by atoms with Gasteiger partial charge in [-0.1, -0.05) is 17.7 Å². The van der Waals surface area contributed by atoms with E-state index in [1.54, 1.807) is 31.0 Å². The predicted octanol–water partition coefficient (Wildman–Crippen LogP) is 7.32. The Balaban J connectivity index is 1.23. The summed E-state index contributed by atoms with van der Waals surface area (Å²) >= 11 is 0. The first-order chi connectivity index (χ1) is 17.1. The summed E-state index contributed by atoms with van der Waals surface area (Å²) in [6, 6.07) is 23.7. The third kappa shape index (κ3) is 6.34. The number of anilines is 4. The van der Waals surface area contributed by atoms with Crippen LogP contribution in [-0.2, 0) is 0 Å². The second-order valence-corrected chi connectivity index (χ2v) is 11.5. The third-order valence-electron chi connectivity index (χ3n) is 4.69. The van der Waals surface area contributed by atoms with E-state index >= 15 is 0 Å². The molecule has 0 aliphatic heterocycles. The van der Waals surface area contributed by atoms with E-state index in [0.717, 1.165) is 43.5 Å². The second-order valence-electron chi connectivity index (χ2n) is 7.29. The van der Waals surface area contributed by atoms with Gasteiger partial charge in [0.2, 0.25) is 9.60 Å². The lowest BCUT2D eigenvalue weighted by molar-refractivity contribution is 1.23. The monoisotopic (exact) mass is 533 g/mol. The van der Waals surface area contributed by atoms with Crippen LogP contribution < -0.4 is 20.2 Å². The average molecular weight is 534 g/mol. The van der Waals surface area contributed by atoms with Gasteiger partial charge in [0.1, 0.15) is 0 Å². The normalized spacial score (nSPS) is 12.0. The van der Waals surface area contributed by atoms with Crippen molar-refractivity contribution in [2.24, 2.45) is 15.0 Å². The fourth-order valence-electron chi connectivity index (χ4n) is 2.94. The zero-order chi connectivity index (χ0) is 24.0. The number of rotatable bonds is 7. The van der Waals surface area contributed by atoms with Gasteiger partial charge in [0, 0.05) is 11.4 Å². The van der Waals surface area contributed by atoms with E-state index in [1.165, 1.54) is 15.9 Å². The summed E-state index contributed by atoms with van der Waals surface area (Å²) < 4.78 is 0. The molecule has 35 heavy (non-hydrogen) atoms. The van der Waals surface area contributed by atoms with E-state index in [1.807, 2.05) is 72.8 Å². The van der Waals surface area contributed by atoms with Crippen LogP contribution in [0, 0.1) is 6.92 Å². The Kier molecular flexibility index (Phi) is 7.19. The van der Waals surface area contributed by atoms with Gasteiger partial charge in [-0.15, -0.1) is 0 Å². The summed E-state index contributed by atoms with van der Waals surface area (Å²) in [5.74, 6) is 0. The Morgan fingerprint density at radius 2 is 1.03 bits per heavy atom. The van der Waals surface area contributed by atoms with Crippen LogP contribution in [-0.4, -0.2) is 16.7 Å². The molecule has 5 aromatic rings. The van der Waals surface area contributed by atoms with Gasteiger partial charge in [-0.2, -0.15) is 9.97 Å². The van der Waals surface area contributed by atoms with Gasteiger partial charge in [0.25, 0.3) is 0 Å². The Morgan fingerprint density at radius 3 is 1.49 bits per heavy atom. The molecule has 0 aliphatic rings. The molecule has 5 rings (SSSR count). The van der Waals surface area contributed by atoms with Crippen LogP contribution in [0.15, 0.2) is 87.8 Å². The van der Waals surface area contributed by atoms with Crippen LogP contribution in [0.1, 0.15) is 5.56 Å². The van der Waals surface area contributed by atoms with Gasteiger partial charge in [-0.3, -0.25) is 4.99 Å². The van der Waals surface area contributed by atoms with Gasteiger partial charge in [-0.25, -0.2) is 9.98 Å². The zero-order valence-electron chi connectivity index (χ0n) is 18.5. The van der Waals surface area contributed by atoms with E-state index in [9.17, 15) is 0 Å². The lowest BCUT2D eigenvalue weighted by Gasteiger charge is -2.01. The van der Waals surface area contributed by atoms with Crippen LogP contribution in [0.5, 0.6) is 0 Å². The summed E-state index contributed by atoms with van der Waals surface area (Å²) in [5.41, 5.74) is 5.66. The quantitative estimate of drug-likeness (QED) is 0.170. The second kappa shape index (κ2) is 10.8. The van der Waals surface area contributed by atoms with Crippen molar-refractivity contribution in [2.75, 3.05) is 10.6 Å². The number of aryl methyl sites for hydroxylation is 1. The van der Waals surface area contributed by atoms with Crippen molar-refractivity contribution < 1.29 is 0 Å². The highest BCUT2D eigenvalue weighted by atomic mass is 32.9. The highest BCUT2D eigenvalue weighted by Gasteiger charge is 2.03. The van der Waals surface area contributed by atoms with E-state index < -0.39 is 0 Å². The maximum Gasteiger partial charge on any atom is 0.222 e. The molecule has 0 saturated heterocycles. The van der Waals surface area contributed by atoms with Crippen molar-refractivity contribution in [3.8, 4) is 0 Å². The summed E-state index contributed by atoms with van der Waals surface area (Å²) in [4.78, 5) is 23.7. The Morgan fingerprint density at radius 1 is 0.600 bits per heavy atom. The third-order valence-corrected chi connectivity index (χ3v) is 8.56. The topological polar surface area (TPSA) is 86.9 Å². The summed E-state index contributed by atoms with van der Waals surface area (Å²) in [7, 11) is 6.17. The first-order valence-electron chi connectivity index (χ1n) is 10.4. The van der Waals surface area contributed by atoms with E-state index in [-0.39, 0.29) is 0 Å². The van der Waals surface area contributed by atoms with E-state index in [0.29, 0.717) is 4.80 Å². The fourth-order valence-corrected chi connectivity index (χ4v) is 6.32. The molecule has 0 spiro atoms. The molecule has 0 aliphatic carbocycles. The van der Waals surface area contributed by atoms with Crippen molar-refractivity contribution in [1.82, 2.24) is 9.97 Å². The molecular formula is C24H19N7S4. The number of hydrogen-bond acceptors (Lipinski definition) is 11. The molecule has 7 nitrogen and oxygen atoms in total. The van der Waals surface area contributed by atoms with Crippen molar-refractivity contribution in [3.63, 3.8) is 0 Å². The van der Waals surface area contributed by atoms with Crippen molar-refractivity contribution in [3.05, 3.63) is 88.0 Å². The molecule has 0 fully saturated rings. The van der Waals surface area contributed by atoms with Crippen molar-refractivity contribution >= 4 is 86.8 Å². The van der Waals surface area contributed by atoms with Gasteiger partial charge < -0.3 is 10.6 Å². The van der Waals surface area contributed by atoms with Crippen LogP contribution in [0.4, 0.5) is 38.7 Å². The van der Waals surface area contributed by atoms with Crippen LogP contribution in [0.25, 0.3) is 0 Å². The first-order valence-corrected chi connectivity index (χ1v) is 14.7. The number of nitrogens with one attached hydrogen (secondary N) is 2. The van der Waals surface area contributed by atoms with Gasteiger partial charge in [-0.05, 0) is 116 Å². The molecule has 0 saturated carbocycles. The van der Waals surface area contributed by atoms with Gasteiger partial charge >= 0.3 is 0 Å². The molecule has 0 bridgehead atoms. The zero-order valence-corrected chi connectivity index (χ0v) is 21.8. The molecule has 0 radical (unpaired) electrons. The minimum absolute atomic E-state index is 0.701. The van der Waals surface area contributed by atoms with Crippen LogP contribution in [0.3, 0.4) is 0 Å². The fraction of sp³-hybridized carbons (Fsp3) is 0.0417. The largest absolute Gasteiger partial charge is 0.331 e. The lowest BCUT2D eigenvalue weighted by Crippen LogP contribution is -1.99. The molecule has 0 atom stereocenters. The highest BCUT2D eigenvalue weighted by Crippen LogP contribution is 2.24. The minimum Gasteiger partial charge on any atom is -0.331 e. The SMILES string of the molecule is C=Nc1ccc(Nc2nc(=Nc3ccc(Nc4nc(=Nc5ccc(C)cc5)ss4)cc3)ss2)cc1. The molecule has 174 valence electrons. The predicted molar refractivity (Wildman–Crippen MR) is 150 cm³/mol. The maximum atomic E-state index is 4.64. The molecule has 2 heterocycles. The lowest BCUT2D eigenvalue weighted by atomic mass is 10.2. The number of aromatic nitrogens is 2. The standard InChI is InChI=1S/C24H19N7S4/c1-15-3-5-17(6-4-15)26-21-30-23(34-32-21)28-19-11-13-20(14-12-19)29-24-31-22(33-35-24)27-18-9-7-16(25-2)8-10-18/h3-14H,2H2,1H3,(H,26,28,30)(H,27,29,31). The average Bonchev–Trinajstić information content (AvgIpc) is 3.51. The smallest absolute Gasteiger partial charge is 0.222 e. The van der Waals surface area contributed by atoms with Crippen molar-refractivity contribution in [2.45, 2.75) is 6.92 Å². The Labute approximate surface area is 216 Å². The molecular weight excluding hydrogens is 515 g/mol. The maximum absolute atomic E-state index is 4.64. The molecule has 11 heteroatoms. The first kappa shape index (κ1) is 23.2. The van der Waals surface area contributed by atoms with Gasteiger partial charge in [0.15, 0.2) is 10.3 Å². The number of aliphatic imine (C=N–C) groups is 1. The summed E-state index contributed by atoms with van der Waals surface area (Å²) in [6.45, 7) is 5.59. The molecule has 2 aromatic heterocycles. The summed E-state index contributed by atoms with van der Waals surface area (Å²) in [6.07, 6.45) is 0. The molecule has 3 aromatic carbocycles. The number of nitrogens with zero attached hydrogens (tertiary/aromatic N) is 5. The Bertz CT molecular complexity index is 1560. The van der Waals surface area contributed by atoms with Gasteiger partial charge in [0.05, 0.1) is 17.1 Å². The molecule has 2 N–H and O–H groups in total. The van der Waals surface area contributed by atoms with E-state index in [2.05, 4.69) is 49.2 Å². The number of hydrogen-bond donors (Lipinski definition) is 2. The minimum atomic E-state index is 0.701. The van der Waals surface area contributed by atoms with Crippen LogP contribution >= 0.6 is 41.4 Å². The van der Waals surface area contributed by atoms with E-state index in [4.69, 9.17) is 0 Å². The molecule has 0 unspecified atom stereocenters. The molecule has 0 amide bonds. The highest BCUT2D eigenvalue weighted by molar-refractivity contribution is 7.70. The van der Waals surface area contributed by atoms with Crippen molar-refractivity contribution in [1.29, 1.82) is 0 Å².